The van der Waals surface area contributed by atoms with E-state index >= 15 is 0 Å². The van der Waals surface area contributed by atoms with Gasteiger partial charge in [0.1, 0.15) is 5.57 Å². The maximum absolute atomic E-state index is 13.2. The van der Waals surface area contributed by atoms with E-state index in [9.17, 15) is 9.59 Å². The lowest BCUT2D eigenvalue weighted by atomic mass is 10.1. The first kappa shape index (κ1) is 20.5. The van der Waals surface area contributed by atoms with Crippen LogP contribution < -0.4 is 10.2 Å². The van der Waals surface area contributed by atoms with E-state index in [1.54, 1.807) is 6.08 Å². The van der Waals surface area contributed by atoms with E-state index in [0.29, 0.717) is 5.69 Å². The molecule has 0 spiro atoms. The molecule has 4 rings (SSSR count). The summed E-state index contributed by atoms with van der Waals surface area (Å²) < 4.78 is 3.06. The quantitative estimate of drug-likeness (QED) is 0.236. The van der Waals surface area contributed by atoms with Crippen LogP contribution in [0.4, 0.5) is 5.69 Å². The lowest BCUT2D eigenvalue weighted by Crippen LogP contribution is -2.54. The van der Waals surface area contributed by atoms with Crippen molar-refractivity contribution in [2.45, 2.75) is 13.3 Å². The second kappa shape index (κ2) is 8.53. The van der Waals surface area contributed by atoms with Crippen molar-refractivity contribution in [3.05, 3.63) is 87.3 Å². The molecular weight excluding hydrogens is 509 g/mol. The van der Waals surface area contributed by atoms with Gasteiger partial charge >= 0.3 is 0 Å². The van der Waals surface area contributed by atoms with E-state index in [2.05, 4.69) is 34.8 Å². The largest absolute Gasteiger partial charge is 0.317 e. The number of rotatable bonds is 4. The van der Waals surface area contributed by atoms with Crippen LogP contribution in [0.5, 0.6) is 0 Å². The first-order chi connectivity index (χ1) is 14.5. The fourth-order valence-corrected chi connectivity index (χ4v) is 3.91. The van der Waals surface area contributed by atoms with Crippen molar-refractivity contribution in [1.82, 2.24) is 9.88 Å². The second-order valence-corrected chi connectivity index (χ2v) is 8.39. The molecule has 2 heterocycles. The summed E-state index contributed by atoms with van der Waals surface area (Å²) in [7, 11) is 0. The van der Waals surface area contributed by atoms with E-state index in [1.807, 2.05) is 71.4 Å². The number of aryl methyl sites for hydroxylation is 1. The average Bonchev–Trinajstić information content (AvgIpc) is 3.20. The number of nitrogens with one attached hydrogen (secondary N) is 1. The number of amides is 2. The Bertz CT molecular complexity index is 1160. The zero-order valence-corrected chi connectivity index (χ0v) is 19.1. The Morgan fingerprint density at radius 2 is 1.67 bits per heavy atom. The highest BCUT2D eigenvalue weighted by Crippen LogP contribution is 2.24. The highest BCUT2D eigenvalue weighted by atomic mass is 127. The number of carbonyl (C=O) groups excluding carboxylic acids is 2. The predicted molar refractivity (Wildman–Crippen MR) is 131 cm³/mol. The topological polar surface area (TPSA) is 54.3 Å². The molecule has 0 unspecified atom stereocenters. The van der Waals surface area contributed by atoms with Gasteiger partial charge in [0.2, 0.25) is 0 Å². The number of hydrogen-bond donors (Lipinski definition) is 1. The van der Waals surface area contributed by atoms with Crippen molar-refractivity contribution in [3.8, 4) is 5.69 Å². The van der Waals surface area contributed by atoms with Crippen LogP contribution in [0.3, 0.4) is 0 Å². The minimum atomic E-state index is -0.498. The van der Waals surface area contributed by atoms with Gasteiger partial charge in [0.25, 0.3) is 11.8 Å². The summed E-state index contributed by atoms with van der Waals surface area (Å²) in [5.74, 6) is -0.940. The molecule has 0 aliphatic carbocycles. The number of carbonyl (C=O) groups is 2. The molecule has 3 aromatic rings. The lowest BCUT2D eigenvalue weighted by Gasteiger charge is -2.29. The molecule has 1 fully saturated rings. The fourth-order valence-electron chi connectivity index (χ4n) is 3.27. The Balaban J connectivity index is 1.71. The highest BCUT2D eigenvalue weighted by molar-refractivity contribution is 14.1. The normalized spacial score (nSPS) is 15.6. The van der Waals surface area contributed by atoms with Crippen LogP contribution in [-0.4, -0.2) is 21.5 Å². The molecule has 1 aliphatic heterocycles. The zero-order chi connectivity index (χ0) is 21.3. The van der Waals surface area contributed by atoms with Crippen molar-refractivity contribution in [1.29, 1.82) is 0 Å². The van der Waals surface area contributed by atoms with E-state index in [-0.39, 0.29) is 10.7 Å². The van der Waals surface area contributed by atoms with Gasteiger partial charge in [0, 0.05) is 21.1 Å². The summed E-state index contributed by atoms with van der Waals surface area (Å²) in [6, 6.07) is 19.3. The molecule has 0 saturated carbocycles. The van der Waals surface area contributed by atoms with Crippen molar-refractivity contribution in [3.63, 3.8) is 0 Å². The summed E-state index contributed by atoms with van der Waals surface area (Å²) in [6.07, 6.45) is 4.40. The third-order valence-electron chi connectivity index (χ3n) is 4.88. The van der Waals surface area contributed by atoms with Crippen molar-refractivity contribution in [2.24, 2.45) is 0 Å². The van der Waals surface area contributed by atoms with E-state index in [0.717, 1.165) is 26.9 Å². The predicted octanol–water partition coefficient (Wildman–Crippen LogP) is 4.48. The van der Waals surface area contributed by atoms with E-state index in [4.69, 9.17) is 12.2 Å². The van der Waals surface area contributed by atoms with Crippen LogP contribution in [0.15, 0.2) is 72.4 Å². The maximum Gasteiger partial charge on any atom is 0.270 e. The molecule has 150 valence electrons. The fraction of sp³-hybridized carbons (Fsp3) is 0.0870. The van der Waals surface area contributed by atoms with Crippen molar-refractivity contribution >= 4 is 63.5 Å². The average molecular weight is 527 g/mol. The van der Waals surface area contributed by atoms with Crippen LogP contribution in [0.25, 0.3) is 11.8 Å². The van der Waals surface area contributed by atoms with E-state index < -0.39 is 11.8 Å². The molecule has 5 nitrogen and oxygen atoms in total. The smallest absolute Gasteiger partial charge is 0.270 e. The van der Waals surface area contributed by atoms with Gasteiger partial charge < -0.3 is 4.57 Å². The zero-order valence-electron chi connectivity index (χ0n) is 16.1. The molecule has 7 heteroatoms. The molecule has 1 N–H and O–H groups in total. The number of thiocarbonyl (C=S) groups is 1. The lowest BCUT2D eigenvalue weighted by molar-refractivity contribution is -0.122. The maximum atomic E-state index is 13.2. The summed E-state index contributed by atoms with van der Waals surface area (Å²) in [6.45, 7) is 2.06. The number of hydrogen-bond acceptors (Lipinski definition) is 3. The molecule has 1 aliphatic rings. The summed E-state index contributed by atoms with van der Waals surface area (Å²) >= 11 is 7.53. The van der Waals surface area contributed by atoms with Crippen LogP contribution in [0, 0.1) is 3.57 Å². The number of anilines is 1. The van der Waals surface area contributed by atoms with Gasteiger partial charge in [0.15, 0.2) is 5.11 Å². The Hall–Kier alpha value is -2.78. The molecule has 1 saturated heterocycles. The first-order valence-electron chi connectivity index (χ1n) is 9.41. The molecule has 0 bridgehead atoms. The van der Waals surface area contributed by atoms with Crippen LogP contribution >= 0.6 is 34.8 Å². The highest BCUT2D eigenvalue weighted by Gasteiger charge is 2.34. The molecule has 2 aromatic carbocycles. The Kier molecular flexibility index (Phi) is 5.83. The van der Waals surface area contributed by atoms with E-state index in [1.165, 1.54) is 4.90 Å². The van der Waals surface area contributed by atoms with Gasteiger partial charge in [-0.2, -0.15) is 0 Å². The Morgan fingerprint density at radius 3 is 2.33 bits per heavy atom. The van der Waals surface area contributed by atoms with Gasteiger partial charge in [-0.05, 0) is 101 Å². The third kappa shape index (κ3) is 3.95. The number of benzene rings is 2. The first-order valence-corrected chi connectivity index (χ1v) is 10.9. The molecule has 0 atom stereocenters. The molecule has 0 radical (unpaired) electrons. The van der Waals surface area contributed by atoms with Gasteiger partial charge in [-0.25, -0.2) is 0 Å². The van der Waals surface area contributed by atoms with Gasteiger partial charge in [-0.15, -0.1) is 0 Å². The Labute approximate surface area is 193 Å². The van der Waals surface area contributed by atoms with Crippen LogP contribution in [0.2, 0.25) is 0 Å². The van der Waals surface area contributed by atoms with Crippen molar-refractivity contribution in [2.75, 3.05) is 4.90 Å². The van der Waals surface area contributed by atoms with Gasteiger partial charge in [-0.3, -0.25) is 19.8 Å². The van der Waals surface area contributed by atoms with Gasteiger partial charge in [-0.1, -0.05) is 19.1 Å². The number of nitrogens with zero attached hydrogens (tertiary/aromatic N) is 2. The SMILES string of the molecule is CCc1ccc(N2C(=O)/C(=C/c3cccn3-c3ccc(I)cc3)C(=O)NC2=S)cc1. The minimum absolute atomic E-state index is 0.0358. The molecular formula is C23H18IN3O2S. The molecule has 1 aromatic heterocycles. The van der Waals surface area contributed by atoms with Crippen LogP contribution in [0.1, 0.15) is 18.2 Å². The third-order valence-corrected chi connectivity index (χ3v) is 5.89. The second-order valence-electron chi connectivity index (χ2n) is 6.76. The summed E-state index contributed by atoms with van der Waals surface area (Å²) in [5, 5.41) is 2.72. The molecule has 30 heavy (non-hydrogen) atoms. The Morgan fingerprint density at radius 1 is 1.00 bits per heavy atom. The summed E-state index contributed by atoms with van der Waals surface area (Å²) in [5.41, 5.74) is 3.49. The number of aromatic nitrogens is 1. The van der Waals surface area contributed by atoms with Crippen molar-refractivity contribution < 1.29 is 9.59 Å². The number of halogens is 1. The minimum Gasteiger partial charge on any atom is -0.317 e. The van der Waals surface area contributed by atoms with Gasteiger partial charge in [0.05, 0.1) is 5.69 Å². The summed E-state index contributed by atoms with van der Waals surface area (Å²) in [4.78, 5) is 27.2. The standard InChI is InChI=1S/C23H18IN3O2S/c1-2-15-5-9-18(10-6-15)27-22(29)20(21(28)25-23(27)30)14-19-4-3-13-26(19)17-11-7-16(24)8-12-17/h3-14H,2H2,1H3,(H,25,28,30)/b20-14+. The molecule has 2 amide bonds. The monoisotopic (exact) mass is 527 g/mol. The van der Waals surface area contributed by atoms with Crippen LogP contribution in [-0.2, 0) is 16.0 Å².